The number of benzene rings is 1. The van der Waals surface area contributed by atoms with Crippen molar-refractivity contribution in [2.75, 3.05) is 14.1 Å². The van der Waals surface area contributed by atoms with E-state index in [4.69, 9.17) is 0 Å². The Labute approximate surface area is 119 Å². The lowest BCUT2D eigenvalue weighted by atomic mass is 10.0. The summed E-state index contributed by atoms with van der Waals surface area (Å²) in [5.74, 6) is 0. The van der Waals surface area contributed by atoms with E-state index in [2.05, 4.69) is 5.43 Å². The van der Waals surface area contributed by atoms with Gasteiger partial charge in [0.05, 0.1) is 0 Å². The lowest BCUT2D eigenvalue weighted by Gasteiger charge is -2.41. The first-order valence-electron chi connectivity index (χ1n) is 6.30. The maximum atomic E-state index is 12.0. The molecule has 1 unspecified atom stereocenters. The second-order valence-electron chi connectivity index (χ2n) is 5.77. The van der Waals surface area contributed by atoms with Crippen molar-refractivity contribution >= 4 is 17.8 Å². The second kappa shape index (κ2) is 5.50. The van der Waals surface area contributed by atoms with Crippen LogP contribution in [0.15, 0.2) is 30.3 Å². The van der Waals surface area contributed by atoms with Gasteiger partial charge in [-0.25, -0.2) is 4.79 Å². The summed E-state index contributed by atoms with van der Waals surface area (Å²) in [4.78, 5) is 25.3. The van der Waals surface area contributed by atoms with E-state index in [9.17, 15) is 14.7 Å². The summed E-state index contributed by atoms with van der Waals surface area (Å²) in [5, 5.41) is 9.78. The molecule has 0 fully saturated rings. The number of nitrogens with one attached hydrogen (secondary N) is 1. The lowest BCUT2D eigenvalue weighted by molar-refractivity contribution is 0.0711. The van der Waals surface area contributed by atoms with E-state index < -0.39 is 22.3 Å². The summed E-state index contributed by atoms with van der Waals surface area (Å²) in [6, 6.07) is 8.21. The Morgan fingerprint density at radius 2 is 1.65 bits per heavy atom. The van der Waals surface area contributed by atoms with Crippen LogP contribution in [-0.2, 0) is 0 Å². The average molecular weight is 280 g/mol. The van der Waals surface area contributed by atoms with Crippen LogP contribution in [-0.4, -0.2) is 41.8 Å². The van der Waals surface area contributed by atoms with Gasteiger partial charge in [-0.1, -0.05) is 22.8 Å². The molecule has 6 heteroatoms. The summed E-state index contributed by atoms with van der Waals surface area (Å²) in [7, 11) is 3.14. The molecule has 6 nitrogen and oxygen atoms in total. The van der Waals surface area contributed by atoms with Crippen molar-refractivity contribution in [2.24, 2.45) is 0 Å². The minimum atomic E-state index is -1.14. The van der Waals surface area contributed by atoms with Gasteiger partial charge in [-0.05, 0) is 20.8 Å². The Balaban J connectivity index is 3.46. The third-order valence-corrected chi connectivity index (χ3v) is 3.11. The molecule has 0 bridgehead atoms. The maximum Gasteiger partial charge on any atom is 0.544 e. The third kappa shape index (κ3) is 2.75. The van der Waals surface area contributed by atoms with Gasteiger partial charge in [-0.15, -0.1) is 0 Å². The van der Waals surface area contributed by atoms with Gasteiger partial charge in [-0.3, -0.25) is 0 Å². The number of carboxylic acid groups (broad SMARTS) is 1. The molecule has 0 aliphatic carbocycles. The number of amides is 3. The van der Waals surface area contributed by atoms with E-state index in [1.54, 1.807) is 65.2 Å². The fourth-order valence-corrected chi connectivity index (χ4v) is 1.96. The molecule has 3 amide bonds. The molecular weight excluding hydrogens is 258 g/mol. The number of carbonyl (C=O) groups excluding carboxylic acids is 1. The highest BCUT2D eigenvalue weighted by molar-refractivity contribution is 5.87. The van der Waals surface area contributed by atoms with Crippen LogP contribution in [0.3, 0.4) is 0 Å². The van der Waals surface area contributed by atoms with Crippen LogP contribution in [0.5, 0.6) is 0 Å². The Morgan fingerprint density at radius 3 is 2.00 bits per heavy atom. The monoisotopic (exact) mass is 280 g/mol. The van der Waals surface area contributed by atoms with Crippen LogP contribution in [0.1, 0.15) is 20.8 Å². The standard InChI is InChI=1S/C14H21N3O3/c1-14(2,3)17(13(19)20,15-12(18)16(4)5)11-9-7-6-8-10-11/h6-10H,1-5H3,(H-,15,18,19,20)/p+1. The van der Waals surface area contributed by atoms with Crippen LogP contribution in [0.4, 0.5) is 15.3 Å². The predicted octanol–water partition coefficient (Wildman–Crippen LogP) is 2.66. The van der Waals surface area contributed by atoms with Crippen molar-refractivity contribution in [3.63, 3.8) is 0 Å². The van der Waals surface area contributed by atoms with Crippen LogP contribution in [0, 0.1) is 0 Å². The van der Waals surface area contributed by atoms with E-state index in [-0.39, 0.29) is 0 Å². The van der Waals surface area contributed by atoms with E-state index in [1.807, 2.05) is 0 Å². The number of hydrogen-bond donors (Lipinski definition) is 2. The summed E-state index contributed by atoms with van der Waals surface area (Å²) in [5.41, 5.74) is 2.33. The normalized spacial score (nSPS) is 14.2. The molecule has 0 spiro atoms. The molecule has 0 aliphatic heterocycles. The highest BCUT2D eigenvalue weighted by Crippen LogP contribution is 2.31. The highest BCUT2D eigenvalue weighted by Gasteiger charge is 2.52. The third-order valence-electron chi connectivity index (χ3n) is 3.11. The van der Waals surface area contributed by atoms with Crippen LogP contribution >= 0.6 is 0 Å². The van der Waals surface area contributed by atoms with Crippen LogP contribution in [0.2, 0.25) is 0 Å². The number of hydrogen-bond acceptors (Lipinski definition) is 2. The summed E-state index contributed by atoms with van der Waals surface area (Å²) >= 11 is 0. The SMILES string of the molecule is CN(C)C(=O)N[N+](C(=O)O)(c1ccccc1)C(C)(C)C. The van der Waals surface area contributed by atoms with Gasteiger partial charge < -0.3 is 10.0 Å². The molecule has 0 heterocycles. The van der Waals surface area contributed by atoms with Gasteiger partial charge in [0.1, 0.15) is 5.54 Å². The molecule has 1 rings (SSSR count). The Hall–Kier alpha value is -2.08. The number of quaternary nitrogens is 1. The minimum Gasteiger partial charge on any atom is -0.433 e. The number of carbonyl (C=O) groups is 2. The predicted molar refractivity (Wildman–Crippen MR) is 78.2 cm³/mol. The molecule has 2 N–H and O–H groups in total. The molecule has 0 aromatic heterocycles. The molecule has 0 radical (unpaired) electrons. The van der Waals surface area contributed by atoms with Crippen LogP contribution < -0.4 is 10.0 Å². The largest absolute Gasteiger partial charge is 0.544 e. The molecule has 0 saturated carbocycles. The topological polar surface area (TPSA) is 69.6 Å². The Morgan fingerprint density at radius 1 is 1.15 bits per heavy atom. The van der Waals surface area contributed by atoms with Crippen molar-refractivity contribution in [3.05, 3.63) is 30.3 Å². The van der Waals surface area contributed by atoms with Crippen molar-refractivity contribution in [1.82, 2.24) is 14.9 Å². The van der Waals surface area contributed by atoms with Gasteiger partial charge in [0.2, 0.25) is 0 Å². The number of urea groups is 1. The van der Waals surface area contributed by atoms with Gasteiger partial charge in [0.15, 0.2) is 5.69 Å². The highest BCUT2D eigenvalue weighted by atomic mass is 16.4. The first-order valence-corrected chi connectivity index (χ1v) is 6.30. The molecular formula is C14H22N3O3+. The molecule has 0 saturated heterocycles. The number of nitrogens with zero attached hydrogens (tertiary/aromatic N) is 2. The Bertz CT molecular complexity index is 494. The summed E-state index contributed by atoms with van der Waals surface area (Å²) in [6.45, 7) is 5.30. The minimum absolute atomic E-state index is 0.467. The summed E-state index contributed by atoms with van der Waals surface area (Å²) in [6.07, 6.45) is -1.14. The fourth-order valence-electron chi connectivity index (χ4n) is 1.96. The second-order valence-corrected chi connectivity index (χ2v) is 5.77. The maximum absolute atomic E-state index is 12.0. The van der Waals surface area contributed by atoms with Crippen molar-refractivity contribution in [3.8, 4) is 0 Å². The van der Waals surface area contributed by atoms with Gasteiger partial charge in [0.25, 0.3) is 0 Å². The van der Waals surface area contributed by atoms with Gasteiger partial charge in [-0.2, -0.15) is 10.2 Å². The zero-order valence-electron chi connectivity index (χ0n) is 12.5. The van der Waals surface area contributed by atoms with Crippen LogP contribution in [0.25, 0.3) is 0 Å². The smallest absolute Gasteiger partial charge is 0.433 e. The average Bonchev–Trinajstić information content (AvgIpc) is 2.34. The van der Waals surface area contributed by atoms with Crippen molar-refractivity contribution < 1.29 is 14.7 Å². The van der Waals surface area contributed by atoms with Gasteiger partial charge in [0, 0.05) is 26.2 Å². The molecule has 1 aromatic carbocycles. The molecule has 1 atom stereocenters. The molecule has 110 valence electrons. The fraction of sp³-hybridized carbons (Fsp3) is 0.429. The molecule has 20 heavy (non-hydrogen) atoms. The Kier molecular flexibility index (Phi) is 4.39. The lowest BCUT2D eigenvalue weighted by Crippen LogP contribution is -2.74. The first kappa shape index (κ1) is 16.0. The number of para-hydroxylation sites is 1. The summed E-state index contributed by atoms with van der Waals surface area (Å²) < 4.78 is -0.676. The molecule has 1 aromatic rings. The van der Waals surface area contributed by atoms with E-state index in [0.29, 0.717) is 5.69 Å². The molecule has 0 aliphatic rings. The zero-order chi connectivity index (χ0) is 15.6. The quantitative estimate of drug-likeness (QED) is 0.613. The van der Waals surface area contributed by atoms with E-state index in [0.717, 1.165) is 0 Å². The first-order chi connectivity index (χ1) is 9.13. The van der Waals surface area contributed by atoms with Gasteiger partial charge >= 0.3 is 12.1 Å². The zero-order valence-corrected chi connectivity index (χ0v) is 12.5. The van der Waals surface area contributed by atoms with E-state index >= 15 is 0 Å². The van der Waals surface area contributed by atoms with Crippen molar-refractivity contribution in [2.45, 2.75) is 26.3 Å². The number of rotatable bonds is 1. The van der Waals surface area contributed by atoms with E-state index in [1.165, 1.54) is 4.90 Å². The van der Waals surface area contributed by atoms with Crippen molar-refractivity contribution in [1.29, 1.82) is 0 Å².